The van der Waals surface area contributed by atoms with Gasteiger partial charge in [0, 0.05) is 109 Å². The molecule has 0 aliphatic heterocycles. The fourth-order valence-corrected chi connectivity index (χ4v) is 12.7. The van der Waals surface area contributed by atoms with Crippen LogP contribution in [0, 0.1) is 37.1 Å². The Morgan fingerprint density at radius 1 is 0.317 bits per heavy atom. The van der Waals surface area contributed by atoms with Gasteiger partial charge in [-0.1, -0.05) is 295 Å². The fourth-order valence-electron chi connectivity index (χ4n) is 12.7. The van der Waals surface area contributed by atoms with Gasteiger partial charge in [-0.25, -0.2) is 0 Å². The summed E-state index contributed by atoms with van der Waals surface area (Å²) < 4.78 is 0. The third-order valence-corrected chi connectivity index (χ3v) is 18.6. The van der Waals surface area contributed by atoms with Crippen molar-refractivity contribution in [2.24, 2.45) is 20.0 Å². The van der Waals surface area contributed by atoms with Crippen molar-refractivity contribution in [1.29, 1.82) is 0 Å². The number of hydrogen-bond donors (Lipinski definition) is 1. The van der Waals surface area contributed by atoms with E-state index in [-0.39, 0.29) is 97.2 Å². The molecule has 0 saturated heterocycles. The zero-order chi connectivity index (χ0) is 70.1. The number of para-hydroxylation sites is 4. The van der Waals surface area contributed by atoms with E-state index in [1.54, 1.807) is 0 Å². The molecule has 1 N–H and O–H groups in total. The van der Waals surface area contributed by atoms with Crippen molar-refractivity contribution in [2.45, 2.75) is 314 Å². The minimum atomic E-state index is 0. The number of nitrogens with one attached hydrogen (secondary N) is 1. The topological polar surface area (TPSA) is 104 Å². The molecule has 0 heterocycles. The van der Waals surface area contributed by atoms with E-state index in [2.05, 4.69) is 241 Å². The molecule has 0 amide bonds. The largest absolute Gasteiger partial charge is 0.656 e. The van der Waals surface area contributed by atoms with Crippen LogP contribution >= 0.6 is 0 Å². The number of anilines is 1. The molecule has 0 unspecified atom stereocenters. The van der Waals surface area contributed by atoms with Gasteiger partial charge >= 0.3 is 0 Å². The summed E-state index contributed by atoms with van der Waals surface area (Å²) in [5.74, 6) is 3.89. The number of nitrogens with zero attached hydrogens (tertiary/aromatic N) is 7. The van der Waals surface area contributed by atoms with Crippen LogP contribution in [-0.4, -0.2) is 57.4 Å². The van der Waals surface area contributed by atoms with E-state index in [0.29, 0.717) is 47.3 Å². The first-order chi connectivity index (χ1) is 46.2. The quantitative estimate of drug-likeness (QED) is 0.0342. The van der Waals surface area contributed by atoms with Crippen LogP contribution in [0.4, 0.5) is 22.7 Å². The van der Waals surface area contributed by atoms with E-state index >= 15 is 0 Å². The Labute approximate surface area is 683 Å². The van der Waals surface area contributed by atoms with Crippen LogP contribution in [0.1, 0.15) is 359 Å². The zero-order valence-corrected chi connectivity index (χ0v) is 78.2. The molecular weight excluding hydrogens is 1600 g/mol. The Morgan fingerprint density at radius 2 is 0.529 bits per heavy atom. The van der Waals surface area contributed by atoms with Crippen molar-refractivity contribution in [3.8, 4) is 0 Å². The summed E-state index contributed by atoms with van der Waals surface area (Å²) in [5, 5.41) is 19.2. The second kappa shape index (κ2) is 57.6. The molecule has 4 aromatic carbocycles. The van der Waals surface area contributed by atoms with E-state index in [0.717, 1.165) is 114 Å². The van der Waals surface area contributed by atoms with Gasteiger partial charge in [0.1, 0.15) is 0 Å². The van der Waals surface area contributed by atoms with Gasteiger partial charge in [0.25, 0.3) is 0 Å². The average molecular weight is 1750 g/mol. The van der Waals surface area contributed by atoms with Crippen LogP contribution in [-0.2, 0) is 51.7 Å². The molecule has 8 nitrogen and oxygen atoms in total. The van der Waals surface area contributed by atoms with Gasteiger partial charge in [0.05, 0.1) is 11.4 Å². The molecule has 0 saturated carbocycles. The fraction of sp³-hybridized carbons (Fsp3) is 0.559. The number of benzene rings is 4. The molecule has 0 spiro atoms. The molecule has 4 aliphatic rings. The molecule has 0 aromatic heterocycles. The molecule has 8 rings (SSSR count). The number of allylic oxidation sites excluding steroid dienone is 8. The predicted octanol–water partition coefficient (Wildman–Crippen LogP) is 30.3. The predicted molar refractivity (Wildman–Crippen MR) is 466 cm³/mol. The third-order valence-electron chi connectivity index (χ3n) is 18.6. The minimum absolute atomic E-state index is 0. The monoisotopic (exact) mass is 1750 g/mol. The third kappa shape index (κ3) is 34.0. The summed E-state index contributed by atoms with van der Waals surface area (Å²) in [5.41, 5.74) is 25.2. The Bertz CT molecular complexity index is 2720. The number of rotatable bonds is 28. The van der Waals surface area contributed by atoms with Crippen LogP contribution in [0.15, 0.2) is 140 Å². The van der Waals surface area contributed by atoms with Crippen LogP contribution in [0.3, 0.4) is 0 Å². The molecule has 0 bridgehead atoms. The van der Waals surface area contributed by atoms with Gasteiger partial charge in [-0.2, -0.15) is 0 Å². The first-order valence-corrected chi connectivity index (χ1v) is 38.6. The Morgan fingerprint density at radius 3 is 0.760 bits per heavy atom. The minimum Gasteiger partial charge on any atom is -0.656 e. The Balaban J connectivity index is -0.000000625. The summed E-state index contributed by atoms with van der Waals surface area (Å²) in [4.78, 5) is 19.4. The SMILES string of the molecule is CCCCN=C1CCCC=C1Nc1c(C(C)C)cccc1C(C)C.CCCCN=C1CCCC=C1[N-]c1c(C(C)C)cccc1C(C)C.CCCCN=C1CCCC=C1[N-]c1c(C(C)C)cccc1C(C)C.CCCCN=C1CCCC=C1[N-]c1c(C(C)C)cccc1C(C)C.[B].[CH3-].[CH3-].[CH3-].[CH3-].[CH3-].[Hf].[Hf]. The molecule has 4 aliphatic carbocycles. The first-order valence-electron chi connectivity index (χ1n) is 38.6. The van der Waals surface area contributed by atoms with E-state index in [1.165, 1.54) is 154 Å². The standard InChI is InChI=1S/C22H34N2.3C22H33N2.5CH3.B.2Hf/c4*1-6-7-15-23-20-13-8-9-14-21(20)24-22-18(16(2)3)11-10-12-19(22)17(4)5;;;;;;;;/h10-12,14,16-17,24H,6-9,13,15H2,1-5H3;3*10-12,14,16-17H,6-9,13,15H2,1-5H3;5*1H3;;;/q;8*-1;;;. The zero-order valence-electron chi connectivity index (χ0n) is 71.0. The Kier molecular flexibility index (Phi) is 58.7. The number of aliphatic imine (C=N–C) groups is 4. The second-order valence-electron chi connectivity index (χ2n) is 29.5. The molecular formula is C93H148BHf2N8-8. The van der Waals surface area contributed by atoms with Gasteiger partial charge in [-0.15, -0.1) is 34.2 Å². The van der Waals surface area contributed by atoms with E-state index in [4.69, 9.17) is 35.9 Å². The summed E-state index contributed by atoms with van der Waals surface area (Å²) in [6.45, 7) is 48.8. The molecule has 104 heavy (non-hydrogen) atoms. The van der Waals surface area contributed by atoms with Crippen LogP contribution in [0.2, 0.25) is 0 Å². The summed E-state index contributed by atoms with van der Waals surface area (Å²) in [7, 11) is 0. The summed E-state index contributed by atoms with van der Waals surface area (Å²) in [6.07, 6.45) is 32.3. The number of hydrogen-bond acceptors (Lipinski definition) is 5. The van der Waals surface area contributed by atoms with Crippen molar-refractivity contribution >= 4 is 54.0 Å². The normalized spacial score (nSPS) is 15.5. The summed E-state index contributed by atoms with van der Waals surface area (Å²) in [6, 6.07) is 26.6. The number of unbranched alkanes of at least 4 members (excludes halogenated alkanes) is 4. The van der Waals surface area contributed by atoms with Crippen molar-refractivity contribution in [3.05, 3.63) is 217 Å². The maximum Gasteiger partial charge on any atom is 0.0579 e. The second-order valence-corrected chi connectivity index (χ2v) is 29.5. The van der Waals surface area contributed by atoms with E-state index in [1.807, 2.05) is 0 Å². The Hall–Kier alpha value is -4.47. The van der Waals surface area contributed by atoms with Crippen molar-refractivity contribution in [2.75, 3.05) is 31.5 Å². The molecule has 0 fully saturated rings. The molecule has 0 atom stereocenters. The van der Waals surface area contributed by atoms with Gasteiger partial charge in [0.15, 0.2) is 0 Å². The first kappa shape index (κ1) is 106. The van der Waals surface area contributed by atoms with Gasteiger partial charge < -0.3 is 58.4 Å². The summed E-state index contributed by atoms with van der Waals surface area (Å²) >= 11 is 0. The molecule has 579 valence electrons. The van der Waals surface area contributed by atoms with Crippen LogP contribution in [0.5, 0.6) is 0 Å². The average Bonchev–Trinajstić information content (AvgIpc) is 0.831. The van der Waals surface area contributed by atoms with Gasteiger partial charge in [-0.3, -0.25) is 20.0 Å². The molecule has 11 heteroatoms. The van der Waals surface area contributed by atoms with Crippen molar-refractivity contribution < 1.29 is 51.7 Å². The molecule has 3 radical (unpaired) electrons. The van der Waals surface area contributed by atoms with E-state index < -0.39 is 0 Å². The van der Waals surface area contributed by atoms with Crippen molar-refractivity contribution in [3.63, 3.8) is 0 Å². The maximum absolute atomic E-state index is 5.15. The van der Waals surface area contributed by atoms with Gasteiger partial charge in [-0.05, 0) is 161 Å². The van der Waals surface area contributed by atoms with Crippen molar-refractivity contribution in [1.82, 2.24) is 0 Å². The smallest absolute Gasteiger partial charge is 0.0579 e. The van der Waals surface area contributed by atoms with Crippen LogP contribution < -0.4 is 5.32 Å². The maximum atomic E-state index is 5.15. The van der Waals surface area contributed by atoms with E-state index in [9.17, 15) is 0 Å². The molecule has 4 aromatic rings. The van der Waals surface area contributed by atoms with Crippen LogP contribution in [0.25, 0.3) is 16.0 Å². The van der Waals surface area contributed by atoms with Gasteiger partial charge in [0.2, 0.25) is 0 Å².